The van der Waals surface area contributed by atoms with E-state index < -0.39 is 0 Å². The molecule has 2 saturated heterocycles. The van der Waals surface area contributed by atoms with E-state index in [1.165, 1.54) is 0 Å². The molecule has 3 amide bonds. The van der Waals surface area contributed by atoms with Gasteiger partial charge in [0.2, 0.25) is 17.7 Å². The Labute approximate surface area is 160 Å². The lowest BCUT2D eigenvalue weighted by Crippen LogP contribution is -2.52. The predicted octanol–water partition coefficient (Wildman–Crippen LogP) is 1.74. The van der Waals surface area contributed by atoms with E-state index in [0.29, 0.717) is 32.7 Å². The second kappa shape index (κ2) is 6.98. The largest absolute Gasteiger partial charge is 0.339 e. The summed E-state index contributed by atoms with van der Waals surface area (Å²) in [5.41, 5.74) is 3.15. The highest BCUT2D eigenvalue weighted by molar-refractivity contribution is 6.01. The van der Waals surface area contributed by atoms with Crippen LogP contribution in [0.1, 0.15) is 30.4 Å². The van der Waals surface area contributed by atoms with Crippen molar-refractivity contribution < 1.29 is 14.4 Å². The van der Waals surface area contributed by atoms with E-state index in [2.05, 4.69) is 0 Å². The van der Waals surface area contributed by atoms with Gasteiger partial charge >= 0.3 is 0 Å². The van der Waals surface area contributed by atoms with Gasteiger partial charge in [0.15, 0.2) is 0 Å². The molecule has 1 aromatic rings. The van der Waals surface area contributed by atoms with Gasteiger partial charge in [0.1, 0.15) is 0 Å². The van der Waals surface area contributed by atoms with Crippen molar-refractivity contribution in [3.05, 3.63) is 29.3 Å². The molecule has 3 fully saturated rings. The van der Waals surface area contributed by atoms with Gasteiger partial charge in [-0.05, 0) is 43.9 Å². The van der Waals surface area contributed by atoms with Crippen LogP contribution in [0.5, 0.6) is 0 Å². The molecule has 0 bridgehead atoms. The number of aryl methyl sites for hydroxylation is 1. The summed E-state index contributed by atoms with van der Waals surface area (Å²) >= 11 is 0. The van der Waals surface area contributed by atoms with E-state index in [4.69, 9.17) is 0 Å². The summed E-state index contributed by atoms with van der Waals surface area (Å²) in [6, 6.07) is 5.94. The van der Waals surface area contributed by atoms with Crippen LogP contribution in [0.2, 0.25) is 0 Å². The standard InChI is InChI=1S/C21H27N3O3/c1-14-4-3-5-18(15(14)2)24-13-17(12-19(24)25)21(27)23-10-8-22(9-11-23)20(26)16-6-7-16/h3-5,16-17H,6-13H2,1-2H3. The minimum absolute atomic E-state index is 0.0181. The number of hydrogen-bond donors (Lipinski definition) is 0. The third-order valence-electron chi connectivity index (χ3n) is 6.17. The second-order valence-electron chi connectivity index (χ2n) is 8.05. The summed E-state index contributed by atoms with van der Waals surface area (Å²) < 4.78 is 0. The highest BCUT2D eigenvalue weighted by Gasteiger charge is 2.40. The van der Waals surface area contributed by atoms with Crippen LogP contribution in [0.4, 0.5) is 5.69 Å². The third-order valence-corrected chi connectivity index (χ3v) is 6.17. The molecule has 6 nitrogen and oxygen atoms in total. The van der Waals surface area contributed by atoms with E-state index in [0.717, 1.165) is 29.7 Å². The number of rotatable bonds is 3. The zero-order valence-corrected chi connectivity index (χ0v) is 16.1. The molecule has 0 spiro atoms. The van der Waals surface area contributed by atoms with Gasteiger partial charge in [-0.15, -0.1) is 0 Å². The SMILES string of the molecule is Cc1cccc(N2CC(C(=O)N3CCN(C(=O)C4CC4)CC3)CC2=O)c1C. The molecule has 1 saturated carbocycles. The van der Waals surface area contributed by atoms with Crippen molar-refractivity contribution in [2.45, 2.75) is 33.1 Å². The Morgan fingerprint density at radius 3 is 2.11 bits per heavy atom. The zero-order valence-electron chi connectivity index (χ0n) is 16.1. The summed E-state index contributed by atoms with van der Waals surface area (Å²) in [6.07, 6.45) is 2.29. The average Bonchev–Trinajstić information content (AvgIpc) is 3.45. The lowest BCUT2D eigenvalue weighted by atomic mass is 10.1. The molecule has 0 radical (unpaired) electrons. The summed E-state index contributed by atoms with van der Waals surface area (Å²) in [4.78, 5) is 43.2. The average molecular weight is 369 g/mol. The lowest BCUT2D eigenvalue weighted by molar-refractivity contribution is -0.142. The van der Waals surface area contributed by atoms with Gasteiger partial charge in [0.05, 0.1) is 5.92 Å². The molecule has 1 atom stereocenters. The van der Waals surface area contributed by atoms with Gasteiger partial charge in [-0.1, -0.05) is 12.1 Å². The normalized spacial score (nSPS) is 23.1. The molecule has 2 heterocycles. The van der Waals surface area contributed by atoms with Gasteiger partial charge < -0.3 is 14.7 Å². The smallest absolute Gasteiger partial charge is 0.228 e. The van der Waals surface area contributed by atoms with E-state index in [-0.39, 0.29) is 36.0 Å². The van der Waals surface area contributed by atoms with Crippen LogP contribution in [-0.2, 0) is 14.4 Å². The fourth-order valence-electron chi connectivity index (χ4n) is 4.13. The van der Waals surface area contributed by atoms with Crippen LogP contribution in [0.3, 0.4) is 0 Å². The van der Waals surface area contributed by atoms with Crippen molar-refractivity contribution in [3.8, 4) is 0 Å². The topological polar surface area (TPSA) is 60.9 Å². The fourth-order valence-corrected chi connectivity index (χ4v) is 4.13. The van der Waals surface area contributed by atoms with Crippen molar-refractivity contribution in [1.82, 2.24) is 9.80 Å². The maximum absolute atomic E-state index is 12.9. The maximum Gasteiger partial charge on any atom is 0.228 e. The molecule has 1 aromatic carbocycles. The Morgan fingerprint density at radius 2 is 1.52 bits per heavy atom. The van der Waals surface area contributed by atoms with Crippen LogP contribution < -0.4 is 4.90 Å². The number of nitrogens with zero attached hydrogens (tertiary/aromatic N) is 3. The number of piperazine rings is 1. The minimum atomic E-state index is -0.289. The first-order valence-electron chi connectivity index (χ1n) is 9.90. The molecule has 1 unspecified atom stereocenters. The molecular formula is C21H27N3O3. The Morgan fingerprint density at radius 1 is 0.926 bits per heavy atom. The summed E-state index contributed by atoms with van der Waals surface area (Å²) in [6.45, 7) is 6.87. The molecule has 27 heavy (non-hydrogen) atoms. The first kappa shape index (κ1) is 18.0. The van der Waals surface area contributed by atoms with E-state index in [9.17, 15) is 14.4 Å². The molecule has 1 aliphatic carbocycles. The summed E-state index contributed by atoms with van der Waals surface area (Å²) in [7, 11) is 0. The van der Waals surface area contributed by atoms with Crippen LogP contribution in [0, 0.1) is 25.7 Å². The molecule has 0 aromatic heterocycles. The Kier molecular flexibility index (Phi) is 4.66. The third kappa shape index (κ3) is 3.45. The van der Waals surface area contributed by atoms with Crippen LogP contribution in [0.15, 0.2) is 18.2 Å². The maximum atomic E-state index is 12.9. The highest BCUT2D eigenvalue weighted by Crippen LogP contribution is 2.32. The molecular weight excluding hydrogens is 342 g/mol. The first-order chi connectivity index (χ1) is 13.0. The molecule has 2 aliphatic heterocycles. The van der Waals surface area contributed by atoms with Crippen LogP contribution in [-0.4, -0.2) is 60.2 Å². The molecule has 3 aliphatic rings. The number of amides is 3. The second-order valence-corrected chi connectivity index (χ2v) is 8.05. The Hall–Kier alpha value is -2.37. The van der Waals surface area contributed by atoms with Crippen molar-refractivity contribution >= 4 is 23.4 Å². The number of carbonyl (C=O) groups is 3. The van der Waals surface area contributed by atoms with E-state index in [1.54, 1.807) is 4.90 Å². The summed E-state index contributed by atoms with van der Waals surface area (Å²) in [5, 5.41) is 0. The number of benzene rings is 1. The molecule has 0 N–H and O–H groups in total. The minimum Gasteiger partial charge on any atom is -0.339 e. The number of carbonyl (C=O) groups excluding carboxylic acids is 3. The van der Waals surface area contributed by atoms with E-state index in [1.807, 2.05) is 41.8 Å². The van der Waals surface area contributed by atoms with Crippen molar-refractivity contribution in [2.75, 3.05) is 37.6 Å². The van der Waals surface area contributed by atoms with Gasteiger partial charge in [0.25, 0.3) is 0 Å². The quantitative estimate of drug-likeness (QED) is 0.815. The monoisotopic (exact) mass is 369 g/mol. The van der Waals surface area contributed by atoms with Gasteiger partial charge in [0, 0.05) is 50.7 Å². The van der Waals surface area contributed by atoms with Crippen molar-refractivity contribution in [1.29, 1.82) is 0 Å². The predicted molar refractivity (Wildman–Crippen MR) is 102 cm³/mol. The van der Waals surface area contributed by atoms with Gasteiger partial charge in [-0.2, -0.15) is 0 Å². The van der Waals surface area contributed by atoms with E-state index >= 15 is 0 Å². The lowest BCUT2D eigenvalue weighted by Gasteiger charge is -2.36. The van der Waals surface area contributed by atoms with Crippen molar-refractivity contribution in [3.63, 3.8) is 0 Å². The summed E-state index contributed by atoms with van der Waals surface area (Å²) in [5.74, 6) is 0.257. The Bertz CT molecular complexity index is 779. The van der Waals surface area contributed by atoms with Crippen LogP contribution >= 0.6 is 0 Å². The Balaban J connectivity index is 1.38. The van der Waals surface area contributed by atoms with Gasteiger partial charge in [-0.25, -0.2) is 0 Å². The van der Waals surface area contributed by atoms with Gasteiger partial charge in [-0.3, -0.25) is 14.4 Å². The number of anilines is 1. The number of hydrogen-bond acceptors (Lipinski definition) is 3. The molecule has 144 valence electrons. The zero-order chi connectivity index (χ0) is 19.1. The highest BCUT2D eigenvalue weighted by atomic mass is 16.2. The van der Waals surface area contributed by atoms with Crippen LogP contribution in [0.25, 0.3) is 0 Å². The van der Waals surface area contributed by atoms with Crippen molar-refractivity contribution in [2.24, 2.45) is 11.8 Å². The first-order valence-corrected chi connectivity index (χ1v) is 9.90. The molecule has 4 rings (SSSR count). The fraction of sp³-hybridized carbons (Fsp3) is 0.571. The molecule has 6 heteroatoms.